The molecule has 0 atom stereocenters. The van der Waals surface area contributed by atoms with Crippen LogP contribution in [0.15, 0.2) is 24.3 Å². The summed E-state index contributed by atoms with van der Waals surface area (Å²) in [7, 11) is 0. The molecule has 0 saturated heterocycles. The van der Waals surface area contributed by atoms with Crippen LogP contribution in [0.1, 0.15) is 34.6 Å². The minimum Gasteiger partial charge on any atom is -0.462 e. The summed E-state index contributed by atoms with van der Waals surface area (Å²) in [5, 5.41) is 0. The number of carbonyl (C=O) groups excluding carboxylic acids is 2. The Morgan fingerprint density at radius 1 is 1.00 bits per heavy atom. The normalized spacial score (nSPS) is 9.06. The van der Waals surface area contributed by atoms with E-state index in [2.05, 4.69) is 0 Å². The van der Waals surface area contributed by atoms with E-state index in [1.165, 1.54) is 6.07 Å². The molecule has 0 aliphatic rings. The maximum absolute atomic E-state index is 11.4. The van der Waals surface area contributed by atoms with Gasteiger partial charge in [-0.2, -0.15) is 0 Å². The SMILES string of the molecule is CCOC(=O)c1cccc(C(=O)OCC)c1.[Na]. The van der Waals surface area contributed by atoms with Crippen LogP contribution < -0.4 is 0 Å². The maximum Gasteiger partial charge on any atom is 0.338 e. The third kappa shape index (κ3) is 4.89. The summed E-state index contributed by atoms with van der Waals surface area (Å²) in [6, 6.07) is 6.29. The molecule has 1 radical (unpaired) electrons. The van der Waals surface area contributed by atoms with Gasteiger partial charge in [-0.15, -0.1) is 0 Å². The zero-order chi connectivity index (χ0) is 12.0. The van der Waals surface area contributed by atoms with Crippen molar-refractivity contribution >= 4 is 41.5 Å². The smallest absolute Gasteiger partial charge is 0.338 e. The average Bonchev–Trinajstić information content (AvgIpc) is 2.30. The zero-order valence-corrected chi connectivity index (χ0v) is 12.4. The molecule has 0 saturated carbocycles. The van der Waals surface area contributed by atoms with Gasteiger partial charge < -0.3 is 9.47 Å². The molecule has 0 spiro atoms. The molecule has 0 aliphatic heterocycles. The van der Waals surface area contributed by atoms with E-state index in [4.69, 9.17) is 9.47 Å². The second-order valence-corrected chi connectivity index (χ2v) is 3.02. The first-order valence-corrected chi connectivity index (χ1v) is 5.13. The molecule has 17 heavy (non-hydrogen) atoms. The van der Waals surface area contributed by atoms with Gasteiger partial charge in [-0.05, 0) is 32.0 Å². The van der Waals surface area contributed by atoms with Gasteiger partial charge in [0.15, 0.2) is 0 Å². The third-order valence-electron chi connectivity index (χ3n) is 1.88. The molecule has 0 fully saturated rings. The molecule has 0 amide bonds. The first-order chi connectivity index (χ1) is 7.69. The van der Waals surface area contributed by atoms with Crippen LogP contribution in [0.25, 0.3) is 0 Å². The molecule has 0 N–H and O–H groups in total. The van der Waals surface area contributed by atoms with E-state index in [0.29, 0.717) is 24.3 Å². The van der Waals surface area contributed by atoms with Crippen LogP contribution in [-0.4, -0.2) is 54.7 Å². The van der Waals surface area contributed by atoms with Gasteiger partial charge in [0.25, 0.3) is 0 Å². The maximum atomic E-state index is 11.4. The fourth-order valence-electron chi connectivity index (χ4n) is 1.20. The van der Waals surface area contributed by atoms with Crippen LogP contribution in [0.4, 0.5) is 0 Å². The van der Waals surface area contributed by atoms with Crippen LogP contribution in [0.2, 0.25) is 0 Å². The summed E-state index contributed by atoms with van der Waals surface area (Å²) < 4.78 is 9.66. The van der Waals surface area contributed by atoms with Gasteiger partial charge in [-0.3, -0.25) is 0 Å². The number of hydrogen-bond acceptors (Lipinski definition) is 4. The van der Waals surface area contributed by atoms with Crippen molar-refractivity contribution in [3.05, 3.63) is 35.4 Å². The van der Waals surface area contributed by atoms with Gasteiger partial charge in [0.2, 0.25) is 0 Å². The molecule has 0 aromatic heterocycles. The molecule has 4 nitrogen and oxygen atoms in total. The van der Waals surface area contributed by atoms with Gasteiger partial charge in [0.1, 0.15) is 0 Å². The Balaban J connectivity index is 0.00000256. The van der Waals surface area contributed by atoms with Crippen molar-refractivity contribution in [1.82, 2.24) is 0 Å². The van der Waals surface area contributed by atoms with Crippen LogP contribution in [0.5, 0.6) is 0 Å². The molecule has 0 unspecified atom stereocenters. The molecule has 0 bridgehead atoms. The number of rotatable bonds is 4. The summed E-state index contributed by atoms with van der Waals surface area (Å²) in [4.78, 5) is 22.8. The Labute approximate surface area is 123 Å². The summed E-state index contributed by atoms with van der Waals surface area (Å²) in [5.41, 5.74) is 0.708. The first kappa shape index (κ1) is 16.2. The minimum absolute atomic E-state index is 0. The van der Waals surface area contributed by atoms with Crippen molar-refractivity contribution in [2.24, 2.45) is 0 Å². The van der Waals surface area contributed by atoms with Crippen LogP contribution in [-0.2, 0) is 9.47 Å². The fraction of sp³-hybridized carbons (Fsp3) is 0.333. The van der Waals surface area contributed by atoms with Gasteiger partial charge in [0.05, 0.1) is 24.3 Å². The second kappa shape index (κ2) is 8.28. The number of hydrogen-bond donors (Lipinski definition) is 0. The second-order valence-electron chi connectivity index (χ2n) is 3.02. The molecule has 87 valence electrons. The summed E-state index contributed by atoms with van der Waals surface area (Å²) in [6.45, 7) is 4.07. The number of carbonyl (C=O) groups is 2. The molecule has 1 aromatic rings. The van der Waals surface area contributed by atoms with Crippen molar-refractivity contribution in [2.75, 3.05) is 13.2 Å². The van der Waals surface area contributed by atoms with Gasteiger partial charge in [-0.1, -0.05) is 6.07 Å². The van der Waals surface area contributed by atoms with E-state index in [1.807, 2.05) is 0 Å². The summed E-state index contributed by atoms with van der Waals surface area (Å²) in [6.07, 6.45) is 0. The quantitative estimate of drug-likeness (QED) is 0.598. The van der Waals surface area contributed by atoms with Crippen LogP contribution >= 0.6 is 0 Å². The zero-order valence-electron chi connectivity index (χ0n) is 10.4. The van der Waals surface area contributed by atoms with E-state index in [-0.39, 0.29) is 29.6 Å². The van der Waals surface area contributed by atoms with Crippen molar-refractivity contribution in [2.45, 2.75) is 13.8 Å². The summed E-state index contributed by atoms with van der Waals surface area (Å²) in [5.74, 6) is -0.873. The largest absolute Gasteiger partial charge is 0.462 e. The molecule has 0 heterocycles. The Hall–Kier alpha value is -0.840. The average molecular weight is 245 g/mol. The van der Waals surface area contributed by atoms with Crippen LogP contribution in [0.3, 0.4) is 0 Å². The van der Waals surface area contributed by atoms with Crippen molar-refractivity contribution in [1.29, 1.82) is 0 Å². The van der Waals surface area contributed by atoms with Crippen LogP contribution in [0, 0.1) is 0 Å². The van der Waals surface area contributed by atoms with Gasteiger partial charge in [-0.25, -0.2) is 9.59 Å². The van der Waals surface area contributed by atoms with Gasteiger partial charge >= 0.3 is 11.9 Å². The predicted molar refractivity (Wildman–Crippen MR) is 64.1 cm³/mol. The Bertz CT molecular complexity index is 357. The predicted octanol–water partition coefficient (Wildman–Crippen LogP) is 1.66. The minimum atomic E-state index is -0.436. The Morgan fingerprint density at radius 2 is 1.41 bits per heavy atom. The number of esters is 2. The first-order valence-electron chi connectivity index (χ1n) is 5.13. The van der Waals surface area contributed by atoms with Crippen molar-refractivity contribution in [3.8, 4) is 0 Å². The Kier molecular flexibility index (Phi) is 7.87. The molecular weight excluding hydrogens is 231 g/mol. The van der Waals surface area contributed by atoms with E-state index in [9.17, 15) is 9.59 Å². The van der Waals surface area contributed by atoms with E-state index >= 15 is 0 Å². The van der Waals surface area contributed by atoms with Gasteiger partial charge in [0, 0.05) is 29.6 Å². The summed E-state index contributed by atoms with van der Waals surface area (Å²) >= 11 is 0. The van der Waals surface area contributed by atoms with E-state index < -0.39 is 11.9 Å². The third-order valence-corrected chi connectivity index (χ3v) is 1.88. The molecule has 1 rings (SSSR count). The number of ether oxygens (including phenoxy) is 2. The molecular formula is C12H14NaO4. The van der Waals surface area contributed by atoms with E-state index in [0.717, 1.165) is 0 Å². The molecule has 0 aliphatic carbocycles. The molecule has 5 heteroatoms. The monoisotopic (exact) mass is 245 g/mol. The van der Waals surface area contributed by atoms with Crippen molar-refractivity contribution < 1.29 is 19.1 Å². The fourth-order valence-corrected chi connectivity index (χ4v) is 1.20. The standard InChI is InChI=1S/C12H14O4.Na/c1-3-15-11(13)9-6-5-7-10(8-9)12(14)16-4-2;/h5-8H,3-4H2,1-2H3;. The molecule has 1 aromatic carbocycles. The van der Waals surface area contributed by atoms with Crippen molar-refractivity contribution in [3.63, 3.8) is 0 Å². The topological polar surface area (TPSA) is 52.6 Å². The van der Waals surface area contributed by atoms with E-state index in [1.54, 1.807) is 32.0 Å². The Morgan fingerprint density at radius 3 is 1.76 bits per heavy atom. The number of benzene rings is 1.